The molecule has 0 fully saturated rings. The van der Waals surface area contributed by atoms with Crippen LogP contribution >= 0.6 is 0 Å². The van der Waals surface area contributed by atoms with E-state index in [1.807, 2.05) is 6.07 Å². The Morgan fingerprint density at radius 1 is 1.08 bits per heavy atom. The Hall–Kier alpha value is -2.89. The van der Waals surface area contributed by atoms with Gasteiger partial charge < -0.3 is 9.64 Å². The maximum absolute atomic E-state index is 12.6. The first-order valence-electron chi connectivity index (χ1n) is 7.50. The van der Waals surface area contributed by atoms with Crippen LogP contribution in [0, 0.1) is 15.5 Å². The van der Waals surface area contributed by atoms with Crippen LogP contribution in [-0.4, -0.2) is 17.9 Å². The molecule has 0 aliphatic rings. The summed E-state index contributed by atoms with van der Waals surface area (Å²) in [7, 11) is 1.59. The van der Waals surface area contributed by atoms with E-state index in [-0.39, 0.29) is 17.3 Å². The minimum Gasteiger partial charge on any atom is -0.448 e. The normalized spacial score (nSPS) is 11.0. The minimum absolute atomic E-state index is 0.0498. The first kappa shape index (κ1) is 17.5. The van der Waals surface area contributed by atoms with Crippen LogP contribution in [0.15, 0.2) is 48.5 Å². The highest BCUT2D eigenvalue weighted by Crippen LogP contribution is 2.40. The molecule has 0 radical (unpaired) electrons. The standard InChI is InChI=1S/C18H20N2O4/c1-18(2,3)17(21)19(4)14-11-8-12-15(20(22)23)16(14)24-13-9-6-5-7-10-13/h5-12H,1-4H3. The van der Waals surface area contributed by atoms with Gasteiger partial charge in [-0.2, -0.15) is 0 Å². The zero-order valence-corrected chi connectivity index (χ0v) is 14.1. The molecule has 0 unspecified atom stereocenters. The SMILES string of the molecule is CN(C(=O)C(C)(C)C)c1cccc([N+](=O)[O-])c1Oc1ccccc1. The molecule has 0 spiro atoms. The zero-order valence-electron chi connectivity index (χ0n) is 14.1. The molecular formula is C18H20N2O4. The molecule has 0 heterocycles. The Kier molecular flexibility index (Phi) is 4.87. The second-order valence-electron chi connectivity index (χ2n) is 6.41. The van der Waals surface area contributed by atoms with E-state index in [0.29, 0.717) is 11.4 Å². The summed E-state index contributed by atoms with van der Waals surface area (Å²) in [5, 5.41) is 11.4. The van der Waals surface area contributed by atoms with E-state index in [4.69, 9.17) is 4.74 Å². The Bertz CT molecular complexity index is 751. The van der Waals surface area contributed by atoms with Gasteiger partial charge in [-0.05, 0) is 18.2 Å². The van der Waals surface area contributed by atoms with Crippen LogP contribution in [-0.2, 0) is 4.79 Å². The molecule has 0 saturated carbocycles. The van der Waals surface area contributed by atoms with Gasteiger partial charge in [0.2, 0.25) is 11.7 Å². The van der Waals surface area contributed by atoms with Crippen LogP contribution in [0.5, 0.6) is 11.5 Å². The molecule has 2 aromatic rings. The maximum Gasteiger partial charge on any atom is 0.313 e. The fourth-order valence-corrected chi connectivity index (χ4v) is 2.24. The summed E-state index contributed by atoms with van der Waals surface area (Å²) in [5.41, 5.74) is -0.457. The summed E-state index contributed by atoms with van der Waals surface area (Å²) in [6, 6.07) is 13.3. The predicted molar refractivity (Wildman–Crippen MR) is 92.5 cm³/mol. The lowest BCUT2D eigenvalue weighted by atomic mass is 9.94. The van der Waals surface area contributed by atoms with Crippen LogP contribution in [0.1, 0.15) is 20.8 Å². The number of amides is 1. The summed E-state index contributed by atoms with van der Waals surface area (Å²) in [6.07, 6.45) is 0. The maximum atomic E-state index is 12.6. The number of nitro groups is 1. The van der Waals surface area contributed by atoms with Crippen molar-refractivity contribution in [3.63, 3.8) is 0 Å². The van der Waals surface area contributed by atoms with Crippen molar-refractivity contribution in [2.75, 3.05) is 11.9 Å². The second-order valence-corrected chi connectivity index (χ2v) is 6.41. The molecule has 126 valence electrons. The Morgan fingerprint density at radius 2 is 1.71 bits per heavy atom. The van der Waals surface area contributed by atoms with E-state index in [0.717, 1.165) is 0 Å². The number of hydrogen-bond acceptors (Lipinski definition) is 4. The topological polar surface area (TPSA) is 72.7 Å². The highest BCUT2D eigenvalue weighted by atomic mass is 16.6. The molecule has 2 aromatic carbocycles. The van der Waals surface area contributed by atoms with E-state index in [9.17, 15) is 14.9 Å². The highest BCUT2D eigenvalue weighted by Gasteiger charge is 2.30. The number of para-hydroxylation sites is 2. The summed E-state index contributed by atoms with van der Waals surface area (Å²) >= 11 is 0. The summed E-state index contributed by atoms with van der Waals surface area (Å²) in [6.45, 7) is 5.38. The van der Waals surface area contributed by atoms with Crippen LogP contribution in [0.3, 0.4) is 0 Å². The van der Waals surface area contributed by atoms with Crippen LogP contribution in [0.25, 0.3) is 0 Å². The van der Waals surface area contributed by atoms with E-state index in [1.165, 1.54) is 17.0 Å². The van der Waals surface area contributed by atoms with Gasteiger partial charge in [-0.1, -0.05) is 45.0 Å². The molecule has 0 N–H and O–H groups in total. The first-order chi connectivity index (χ1) is 11.2. The number of ether oxygens (including phenoxy) is 1. The van der Waals surface area contributed by atoms with Crippen LogP contribution < -0.4 is 9.64 Å². The van der Waals surface area contributed by atoms with Crippen molar-refractivity contribution in [2.24, 2.45) is 5.41 Å². The van der Waals surface area contributed by atoms with Gasteiger partial charge in [0.25, 0.3) is 0 Å². The fourth-order valence-electron chi connectivity index (χ4n) is 2.24. The summed E-state index contributed by atoms with van der Waals surface area (Å²) in [4.78, 5) is 24.8. The number of carbonyl (C=O) groups is 1. The third-order valence-corrected chi connectivity index (χ3v) is 3.44. The molecule has 2 rings (SSSR count). The van der Waals surface area contributed by atoms with Crippen molar-refractivity contribution in [1.29, 1.82) is 0 Å². The average Bonchev–Trinajstić information content (AvgIpc) is 2.53. The summed E-state index contributed by atoms with van der Waals surface area (Å²) in [5.74, 6) is 0.347. The van der Waals surface area contributed by atoms with Crippen molar-refractivity contribution < 1.29 is 14.5 Å². The quantitative estimate of drug-likeness (QED) is 0.616. The molecule has 0 saturated heterocycles. The van der Waals surface area contributed by atoms with Crippen molar-refractivity contribution >= 4 is 17.3 Å². The van der Waals surface area contributed by atoms with E-state index in [1.54, 1.807) is 58.2 Å². The molecule has 6 nitrogen and oxygen atoms in total. The lowest BCUT2D eigenvalue weighted by molar-refractivity contribution is -0.385. The van der Waals surface area contributed by atoms with Crippen LogP contribution in [0.4, 0.5) is 11.4 Å². The first-order valence-corrected chi connectivity index (χ1v) is 7.50. The van der Waals surface area contributed by atoms with E-state index < -0.39 is 10.3 Å². The smallest absolute Gasteiger partial charge is 0.313 e. The average molecular weight is 328 g/mol. The van der Waals surface area contributed by atoms with Crippen LogP contribution in [0.2, 0.25) is 0 Å². The van der Waals surface area contributed by atoms with E-state index >= 15 is 0 Å². The Labute approximate surface area is 140 Å². The molecule has 24 heavy (non-hydrogen) atoms. The minimum atomic E-state index is -0.622. The lowest BCUT2D eigenvalue weighted by Crippen LogP contribution is -2.36. The van der Waals surface area contributed by atoms with Gasteiger partial charge in [0.15, 0.2) is 0 Å². The predicted octanol–water partition coefficient (Wildman–Crippen LogP) is 4.40. The zero-order chi connectivity index (χ0) is 17.9. The highest BCUT2D eigenvalue weighted by molar-refractivity contribution is 5.98. The Morgan fingerprint density at radius 3 is 2.25 bits per heavy atom. The molecule has 1 amide bonds. The molecule has 0 aromatic heterocycles. The van der Waals surface area contributed by atoms with Gasteiger partial charge in [0.1, 0.15) is 5.75 Å². The largest absolute Gasteiger partial charge is 0.448 e. The lowest BCUT2D eigenvalue weighted by Gasteiger charge is -2.27. The monoisotopic (exact) mass is 328 g/mol. The molecule has 0 aliphatic carbocycles. The molecule has 6 heteroatoms. The van der Waals surface area contributed by atoms with Crippen molar-refractivity contribution in [2.45, 2.75) is 20.8 Å². The number of nitro benzene ring substituents is 1. The fraction of sp³-hybridized carbons (Fsp3) is 0.278. The van der Waals surface area contributed by atoms with Gasteiger partial charge in [0, 0.05) is 18.5 Å². The third-order valence-electron chi connectivity index (χ3n) is 3.44. The molecule has 0 bridgehead atoms. The van der Waals surface area contributed by atoms with Gasteiger partial charge in [-0.15, -0.1) is 0 Å². The molecule has 0 atom stereocenters. The number of hydrogen-bond donors (Lipinski definition) is 0. The van der Waals surface area contributed by atoms with E-state index in [2.05, 4.69) is 0 Å². The number of nitrogens with zero attached hydrogens (tertiary/aromatic N) is 2. The summed E-state index contributed by atoms with van der Waals surface area (Å²) < 4.78 is 5.75. The molecular weight excluding hydrogens is 308 g/mol. The van der Waals surface area contributed by atoms with Gasteiger partial charge in [0.05, 0.1) is 10.6 Å². The van der Waals surface area contributed by atoms with Crippen molar-refractivity contribution in [3.05, 3.63) is 58.6 Å². The van der Waals surface area contributed by atoms with Crippen molar-refractivity contribution in [3.8, 4) is 11.5 Å². The van der Waals surface area contributed by atoms with Gasteiger partial charge in [-0.3, -0.25) is 14.9 Å². The second kappa shape index (κ2) is 6.70. The van der Waals surface area contributed by atoms with Crippen molar-refractivity contribution in [1.82, 2.24) is 0 Å². The number of anilines is 1. The molecule has 0 aliphatic heterocycles. The number of carbonyl (C=O) groups excluding carboxylic acids is 1. The third kappa shape index (κ3) is 3.71. The number of benzene rings is 2. The Balaban J connectivity index is 2.53. The number of rotatable bonds is 4. The van der Waals surface area contributed by atoms with Gasteiger partial charge >= 0.3 is 5.69 Å². The van der Waals surface area contributed by atoms with Gasteiger partial charge in [-0.25, -0.2) is 0 Å².